The fraction of sp³-hybridized carbons (Fsp3) is 1.00. The number of hydrogen-bond acceptors (Lipinski definition) is 0. The maximum atomic E-state index is 2.46. The van der Waals surface area contributed by atoms with Crippen LogP contribution in [0.5, 0.6) is 0 Å². The summed E-state index contributed by atoms with van der Waals surface area (Å²) in [5, 5.41) is 0. The van der Waals surface area contributed by atoms with Gasteiger partial charge in [-0.3, -0.25) is 0 Å². The molecule has 0 saturated heterocycles. The van der Waals surface area contributed by atoms with Crippen molar-refractivity contribution in [1.82, 2.24) is 0 Å². The summed E-state index contributed by atoms with van der Waals surface area (Å²) < 4.78 is 0. The van der Waals surface area contributed by atoms with Gasteiger partial charge in [-0.15, -0.1) is 0 Å². The molecule has 0 N–H and O–H groups in total. The topological polar surface area (TPSA) is 0 Å². The maximum Gasteiger partial charge on any atom is -0.0380 e. The van der Waals surface area contributed by atoms with Crippen molar-refractivity contribution in [2.75, 3.05) is 0 Å². The molecule has 0 aromatic rings. The van der Waals surface area contributed by atoms with E-state index >= 15 is 0 Å². The first kappa shape index (κ1) is 7.64. The van der Waals surface area contributed by atoms with Crippen LogP contribution in [0, 0.1) is 23.7 Å². The largest absolute Gasteiger partial charge is 0.0651 e. The zero-order chi connectivity index (χ0) is 7.84. The van der Waals surface area contributed by atoms with Crippen LogP contribution in [-0.2, 0) is 0 Å². The van der Waals surface area contributed by atoms with Crippen molar-refractivity contribution in [1.29, 1.82) is 0 Å². The summed E-state index contributed by atoms with van der Waals surface area (Å²) in [7, 11) is 0. The smallest absolute Gasteiger partial charge is 0.0380 e. The van der Waals surface area contributed by atoms with Gasteiger partial charge in [0.1, 0.15) is 0 Å². The van der Waals surface area contributed by atoms with Crippen LogP contribution in [0.4, 0.5) is 0 Å². The van der Waals surface area contributed by atoms with Crippen LogP contribution in [0.3, 0.4) is 0 Å². The molecule has 0 aromatic carbocycles. The minimum Gasteiger partial charge on any atom is -0.0651 e. The van der Waals surface area contributed by atoms with Gasteiger partial charge in [0.25, 0.3) is 0 Å². The van der Waals surface area contributed by atoms with Gasteiger partial charge < -0.3 is 0 Å². The first-order valence-corrected chi connectivity index (χ1v) is 5.31. The zero-order valence-electron chi connectivity index (χ0n) is 7.84. The molecule has 0 spiro atoms. The Morgan fingerprint density at radius 3 is 2.45 bits per heavy atom. The molecule has 2 saturated carbocycles. The molecule has 3 atom stereocenters. The van der Waals surface area contributed by atoms with E-state index in [1.54, 1.807) is 12.8 Å². The molecule has 0 bridgehead atoms. The van der Waals surface area contributed by atoms with Crippen LogP contribution in [0.25, 0.3) is 0 Å². The normalized spacial score (nSPS) is 38.7. The van der Waals surface area contributed by atoms with Gasteiger partial charge in [0.15, 0.2) is 0 Å². The van der Waals surface area contributed by atoms with Crippen LogP contribution in [0.1, 0.15) is 46.0 Å². The first-order chi connectivity index (χ1) is 5.31. The van der Waals surface area contributed by atoms with E-state index in [1.807, 2.05) is 0 Å². The lowest BCUT2D eigenvalue weighted by Gasteiger charge is -2.07. The van der Waals surface area contributed by atoms with Crippen molar-refractivity contribution in [3.05, 3.63) is 0 Å². The second kappa shape index (κ2) is 2.80. The molecule has 0 heteroatoms. The molecule has 64 valence electrons. The average molecular weight is 152 g/mol. The third kappa shape index (κ3) is 1.77. The summed E-state index contributed by atoms with van der Waals surface area (Å²) in [6, 6.07) is 0. The van der Waals surface area contributed by atoms with Crippen molar-refractivity contribution in [3.63, 3.8) is 0 Å². The highest BCUT2D eigenvalue weighted by Gasteiger charge is 2.39. The summed E-state index contributed by atoms with van der Waals surface area (Å²) in [4.78, 5) is 0. The van der Waals surface area contributed by atoms with E-state index < -0.39 is 0 Å². The minimum atomic E-state index is 1.05. The predicted molar refractivity (Wildman–Crippen MR) is 48.4 cm³/mol. The highest BCUT2D eigenvalue weighted by molar-refractivity contribution is 4.89. The van der Waals surface area contributed by atoms with E-state index in [1.165, 1.54) is 19.3 Å². The van der Waals surface area contributed by atoms with E-state index in [-0.39, 0.29) is 0 Å². The van der Waals surface area contributed by atoms with Gasteiger partial charge in [-0.2, -0.15) is 0 Å². The van der Waals surface area contributed by atoms with Gasteiger partial charge in [0, 0.05) is 0 Å². The standard InChI is InChI=1S/C11H20/c1-3-9-7-11(9)6-8(2)10-4-5-10/h8-11H,3-7H2,1-2H3. The van der Waals surface area contributed by atoms with Crippen molar-refractivity contribution in [3.8, 4) is 0 Å². The molecule has 0 amide bonds. The Hall–Kier alpha value is 0. The van der Waals surface area contributed by atoms with Crippen molar-refractivity contribution in [2.45, 2.75) is 46.0 Å². The maximum absolute atomic E-state index is 2.46. The molecule has 2 rings (SSSR count). The van der Waals surface area contributed by atoms with Crippen molar-refractivity contribution in [2.24, 2.45) is 23.7 Å². The second-order valence-electron chi connectivity index (χ2n) is 4.71. The third-order valence-electron chi connectivity index (χ3n) is 3.69. The Balaban J connectivity index is 1.66. The van der Waals surface area contributed by atoms with Gasteiger partial charge in [-0.05, 0) is 49.4 Å². The highest BCUT2D eigenvalue weighted by atomic mass is 14.4. The molecule has 0 heterocycles. The van der Waals surface area contributed by atoms with E-state index in [4.69, 9.17) is 0 Å². The molecular weight excluding hydrogens is 132 g/mol. The molecule has 2 fully saturated rings. The van der Waals surface area contributed by atoms with Crippen LogP contribution in [0.15, 0.2) is 0 Å². The Kier molecular flexibility index (Phi) is 1.95. The summed E-state index contributed by atoms with van der Waals surface area (Å²) in [5.74, 6) is 4.44. The SMILES string of the molecule is CCC1CC1CC(C)C1CC1. The Morgan fingerprint density at radius 2 is 2.00 bits per heavy atom. The van der Waals surface area contributed by atoms with E-state index in [9.17, 15) is 0 Å². The number of hydrogen-bond donors (Lipinski definition) is 0. The summed E-state index contributed by atoms with van der Waals surface area (Å²) in [6.45, 7) is 4.80. The third-order valence-corrected chi connectivity index (χ3v) is 3.69. The Bertz CT molecular complexity index is 135. The fourth-order valence-corrected chi connectivity index (χ4v) is 2.43. The van der Waals surface area contributed by atoms with Crippen LogP contribution < -0.4 is 0 Å². The fourth-order valence-electron chi connectivity index (χ4n) is 2.43. The van der Waals surface area contributed by atoms with E-state index in [0.717, 1.165) is 23.7 Å². The molecule has 0 aromatic heterocycles. The Labute approximate surface area is 70.4 Å². The lowest BCUT2D eigenvalue weighted by atomic mass is 9.98. The molecule has 0 nitrogen and oxygen atoms in total. The second-order valence-corrected chi connectivity index (χ2v) is 4.71. The number of rotatable bonds is 4. The monoisotopic (exact) mass is 152 g/mol. The van der Waals surface area contributed by atoms with Crippen LogP contribution in [0.2, 0.25) is 0 Å². The molecule has 2 aliphatic rings. The molecular formula is C11H20. The van der Waals surface area contributed by atoms with Gasteiger partial charge >= 0.3 is 0 Å². The predicted octanol–water partition coefficient (Wildman–Crippen LogP) is 3.47. The minimum absolute atomic E-state index is 1.05. The van der Waals surface area contributed by atoms with Gasteiger partial charge in [-0.25, -0.2) is 0 Å². The molecule has 2 aliphatic carbocycles. The van der Waals surface area contributed by atoms with Crippen LogP contribution >= 0.6 is 0 Å². The van der Waals surface area contributed by atoms with Crippen molar-refractivity contribution >= 4 is 0 Å². The summed E-state index contributed by atoms with van der Waals surface area (Å²) in [6.07, 6.45) is 7.59. The van der Waals surface area contributed by atoms with Gasteiger partial charge in [0.05, 0.1) is 0 Å². The van der Waals surface area contributed by atoms with Gasteiger partial charge in [0.2, 0.25) is 0 Å². The first-order valence-electron chi connectivity index (χ1n) is 5.31. The molecule has 3 unspecified atom stereocenters. The zero-order valence-corrected chi connectivity index (χ0v) is 7.84. The highest BCUT2D eigenvalue weighted by Crippen LogP contribution is 2.49. The summed E-state index contributed by atoms with van der Waals surface area (Å²) >= 11 is 0. The van der Waals surface area contributed by atoms with E-state index in [2.05, 4.69) is 13.8 Å². The lowest BCUT2D eigenvalue weighted by molar-refractivity contribution is 0.426. The Morgan fingerprint density at radius 1 is 1.27 bits per heavy atom. The van der Waals surface area contributed by atoms with E-state index in [0.29, 0.717) is 0 Å². The summed E-state index contributed by atoms with van der Waals surface area (Å²) in [5.41, 5.74) is 0. The lowest BCUT2D eigenvalue weighted by Crippen LogP contribution is -1.98. The molecule has 0 aliphatic heterocycles. The van der Waals surface area contributed by atoms with Crippen molar-refractivity contribution < 1.29 is 0 Å². The molecule has 0 radical (unpaired) electrons. The van der Waals surface area contributed by atoms with Gasteiger partial charge in [-0.1, -0.05) is 20.3 Å². The quantitative estimate of drug-likeness (QED) is 0.578. The molecule has 11 heavy (non-hydrogen) atoms. The average Bonchev–Trinajstić information content (AvgIpc) is 2.84. The van der Waals surface area contributed by atoms with Crippen LogP contribution in [-0.4, -0.2) is 0 Å².